The highest BCUT2D eigenvalue weighted by atomic mass is 32.2. The van der Waals surface area contributed by atoms with Gasteiger partial charge in [0.25, 0.3) is 0 Å². The minimum absolute atomic E-state index is 0.0327. The highest BCUT2D eigenvalue weighted by Gasteiger charge is 2.39. The van der Waals surface area contributed by atoms with E-state index in [1.54, 1.807) is 28.8 Å². The van der Waals surface area contributed by atoms with Crippen molar-refractivity contribution in [3.8, 4) is 0 Å². The molecule has 24 heavy (non-hydrogen) atoms. The van der Waals surface area contributed by atoms with Crippen LogP contribution >= 0.6 is 0 Å². The molecule has 0 spiro atoms. The molecular formula is C14H16F3N3O3S. The van der Waals surface area contributed by atoms with E-state index < -0.39 is 22.0 Å². The summed E-state index contributed by atoms with van der Waals surface area (Å²) in [6, 6.07) is 6.87. The van der Waals surface area contributed by atoms with Gasteiger partial charge < -0.3 is 4.98 Å². The number of nitrogens with zero attached hydrogens (tertiary/aromatic N) is 2. The molecule has 0 radical (unpaired) electrons. The summed E-state index contributed by atoms with van der Waals surface area (Å²) in [6.45, 7) is -0.0654. The van der Waals surface area contributed by atoms with Crippen molar-refractivity contribution in [2.75, 3.05) is 18.8 Å². The standard InChI is InChI=1S/C14H16F3N3O3S/c15-14(16,17)9-24(22,23)19-7-5-10(6-8-19)20-12-4-2-1-3-11(12)18-13(20)21/h1-4,10H,5-9H2,(H,18,21). The molecule has 6 nitrogen and oxygen atoms in total. The van der Waals surface area contributed by atoms with Gasteiger partial charge in [-0.3, -0.25) is 4.57 Å². The first-order valence-corrected chi connectivity index (χ1v) is 9.02. The molecule has 1 saturated heterocycles. The molecule has 0 unspecified atom stereocenters. The van der Waals surface area contributed by atoms with E-state index in [2.05, 4.69) is 4.98 Å². The molecule has 3 rings (SSSR count). The molecular weight excluding hydrogens is 347 g/mol. The number of aromatic amines is 1. The number of hydrogen-bond donors (Lipinski definition) is 1. The second-order valence-electron chi connectivity index (χ2n) is 5.82. The number of H-pyrrole nitrogens is 1. The first kappa shape index (κ1) is 17.0. The number of nitrogens with one attached hydrogen (secondary N) is 1. The van der Waals surface area contributed by atoms with Gasteiger partial charge in [-0.05, 0) is 25.0 Å². The van der Waals surface area contributed by atoms with Crippen LogP contribution in [-0.2, 0) is 10.0 Å². The summed E-state index contributed by atoms with van der Waals surface area (Å²) in [5.74, 6) is -1.85. The third-order valence-corrected chi connectivity index (χ3v) is 6.00. The minimum atomic E-state index is -4.76. The van der Waals surface area contributed by atoms with Gasteiger partial charge in [0.05, 0.1) is 11.0 Å². The maximum absolute atomic E-state index is 12.4. The summed E-state index contributed by atoms with van der Waals surface area (Å²) < 4.78 is 63.2. The summed E-state index contributed by atoms with van der Waals surface area (Å²) in [5, 5.41) is 0. The maximum Gasteiger partial charge on any atom is 0.404 e. The lowest BCUT2D eigenvalue weighted by atomic mass is 10.1. The zero-order chi connectivity index (χ0) is 17.5. The van der Waals surface area contributed by atoms with Crippen LogP contribution in [0.25, 0.3) is 11.0 Å². The van der Waals surface area contributed by atoms with Crippen LogP contribution in [0, 0.1) is 0 Å². The Morgan fingerprint density at radius 2 is 1.79 bits per heavy atom. The Labute approximate surface area is 135 Å². The van der Waals surface area contributed by atoms with E-state index in [4.69, 9.17) is 0 Å². The van der Waals surface area contributed by atoms with Crippen molar-refractivity contribution < 1.29 is 21.6 Å². The number of sulfonamides is 1. The molecule has 1 aromatic carbocycles. The van der Waals surface area contributed by atoms with Crippen LogP contribution < -0.4 is 5.69 Å². The molecule has 132 valence electrons. The topological polar surface area (TPSA) is 75.2 Å². The van der Waals surface area contributed by atoms with Crippen molar-refractivity contribution in [2.45, 2.75) is 25.1 Å². The van der Waals surface area contributed by atoms with Crippen molar-refractivity contribution in [3.63, 3.8) is 0 Å². The number of halogens is 3. The summed E-state index contributed by atoms with van der Waals surface area (Å²) in [6.07, 6.45) is -4.18. The Hall–Kier alpha value is -1.81. The van der Waals surface area contributed by atoms with Crippen molar-refractivity contribution in [2.24, 2.45) is 0 Å². The molecule has 1 aliphatic heterocycles. The van der Waals surface area contributed by atoms with Crippen LogP contribution in [-0.4, -0.2) is 47.3 Å². The molecule has 0 aliphatic carbocycles. The van der Waals surface area contributed by atoms with Crippen molar-refractivity contribution >= 4 is 21.1 Å². The zero-order valence-electron chi connectivity index (χ0n) is 12.6. The quantitative estimate of drug-likeness (QED) is 0.904. The number of alkyl halides is 3. The van der Waals surface area contributed by atoms with Gasteiger partial charge in [0.15, 0.2) is 5.75 Å². The van der Waals surface area contributed by atoms with Gasteiger partial charge in [-0.15, -0.1) is 0 Å². The van der Waals surface area contributed by atoms with Gasteiger partial charge >= 0.3 is 11.9 Å². The molecule has 0 amide bonds. The molecule has 0 saturated carbocycles. The summed E-state index contributed by atoms with van der Waals surface area (Å²) in [5.41, 5.74) is 1.08. The Bertz CT molecular complexity index is 893. The lowest BCUT2D eigenvalue weighted by Crippen LogP contribution is -2.43. The first-order valence-electron chi connectivity index (χ1n) is 7.41. The largest absolute Gasteiger partial charge is 0.404 e. The predicted octanol–water partition coefficient (Wildman–Crippen LogP) is 1.86. The van der Waals surface area contributed by atoms with Gasteiger partial charge in [0, 0.05) is 19.1 Å². The van der Waals surface area contributed by atoms with Gasteiger partial charge in [0.2, 0.25) is 10.0 Å². The fraction of sp³-hybridized carbons (Fsp3) is 0.500. The van der Waals surface area contributed by atoms with Crippen LogP contribution in [0.2, 0.25) is 0 Å². The number of benzene rings is 1. The lowest BCUT2D eigenvalue weighted by Gasteiger charge is -2.31. The Balaban J connectivity index is 1.78. The number of piperidine rings is 1. The van der Waals surface area contributed by atoms with E-state index >= 15 is 0 Å². The second-order valence-corrected chi connectivity index (χ2v) is 7.79. The van der Waals surface area contributed by atoms with E-state index in [9.17, 15) is 26.4 Å². The highest BCUT2D eigenvalue weighted by molar-refractivity contribution is 7.89. The van der Waals surface area contributed by atoms with E-state index in [1.165, 1.54) is 0 Å². The monoisotopic (exact) mass is 363 g/mol. The first-order chi connectivity index (χ1) is 11.2. The highest BCUT2D eigenvalue weighted by Crippen LogP contribution is 2.28. The number of imidazole rings is 1. The number of hydrogen-bond acceptors (Lipinski definition) is 3. The normalized spacial score (nSPS) is 18.3. The van der Waals surface area contributed by atoms with Crippen LogP contribution in [0.1, 0.15) is 18.9 Å². The Morgan fingerprint density at radius 1 is 1.17 bits per heavy atom. The fourth-order valence-corrected chi connectivity index (χ4v) is 4.48. The number of fused-ring (bicyclic) bond motifs is 1. The molecule has 1 aromatic heterocycles. The summed E-state index contributed by atoms with van der Waals surface area (Å²) in [4.78, 5) is 14.9. The SMILES string of the molecule is O=c1[nH]c2ccccc2n1C1CCN(S(=O)(=O)CC(F)(F)F)CC1. The minimum Gasteiger partial charge on any atom is -0.306 e. The van der Waals surface area contributed by atoms with Crippen LogP contribution in [0.3, 0.4) is 0 Å². The molecule has 1 aliphatic rings. The molecule has 1 N–H and O–H groups in total. The average Bonchev–Trinajstić information content (AvgIpc) is 2.80. The van der Waals surface area contributed by atoms with E-state index in [0.717, 1.165) is 4.31 Å². The van der Waals surface area contributed by atoms with Crippen molar-refractivity contribution in [1.82, 2.24) is 13.9 Å². The number of para-hydroxylation sites is 2. The Kier molecular flexibility index (Phi) is 4.20. The van der Waals surface area contributed by atoms with Gasteiger partial charge in [-0.1, -0.05) is 12.1 Å². The van der Waals surface area contributed by atoms with Crippen LogP contribution in [0.5, 0.6) is 0 Å². The van der Waals surface area contributed by atoms with E-state index in [-0.39, 0.29) is 24.8 Å². The smallest absolute Gasteiger partial charge is 0.306 e. The maximum atomic E-state index is 12.4. The molecule has 10 heteroatoms. The van der Waals surface area contributed by atoms with Gasteiger partial charge in [-0.25, -0.2) is 17.5 Å². The van der Waals surface area contributed by atoms with Crippen LogP contribution in [0.4, 0.5) is 13.2 Å². The van der Waals surface area contributed by atoms with Crippen molar-refractivity contribution in [3.05, 3.63) is 34.7 Å². The molecule has 0 bridgehead atoms. The molecule has 0 atom stereocenters. The third kappa shape index (κ3) is 3.34. The van der Waals surface area contributed by atoms with Gasteiger partial charge in [0.1, 0.15) is 0 Å². The summed E-state index contributed by atoms with van der Waals surface area (Å²) in [7, 11) is -4.37. The second kappa shape index (κ2) is 5.92. The van der Waals surface area contributed by atoms with Gasteiger partial charge in [-0.2, -0.15) is 13.2 Å². The lowest BCUT2D eigenvalue weighted by molar-refractivity contribution is -0.107. The van der Waals surface area contributed by atoms with Crippen LogP contribution in [0.15, 0.2) is 29.1 Å². The van der Waals surface area contributed by atoms with E-state index in [0.29, 0.717) is 23.9 Å². The zero-order valence-corrected chi connectivity index (χ0v) is 13.4. The molecule has 1 fully saturated rings. The predicted molar refractivity (Wildman–Crippen MR) is 82.2 cm³/mol. The molecule has 2 heterocycles. The van der Waals surface area contributed by atoms with E-state index in [1.807, 2.05) is 0 Å². The number of aromatic nitrogens is 2. The number of rotatable bonds is 3. The average molecular weight is 363 g/mol. The summed E-state index contributed by atoms with van der Waals surface area (Å²) >= 11 is 0. The fourth-order valence-electron chi connectivity index (χ4n) is 3.11. The Morgan fingerprint density at radius 3 is 2.42 bits per heavy atom. The molecule has 2 aromatic rings. The third-order valence-electron chi connectivity index (χ3n) is 4.15. The van der Waals surface area contributed by atoms with Crippen molar-refractivity contribution in [1.29, 1.82) is 0 Å².